The van der Waals surface area contributed by atoms with Gasteiger partial charge in [0.1, 0.15) is 0 Å². The average Bonchev–Trinajstić information content (AvgIpc) is 2.72. The third-order valence-electron chi connectivity index (χ3n) is 3.31. The molecule has 1 fully saturated rings. The molecule has 1 unspecified atom stereocenters. The molecule has 19 heavy (non-hydrogen) atoms. The van der Waals surface area contributed by atoms with Gasteiger partial charge >= 0.3 is 0 Å². The number of carbonyl (C=O) groups excluding carboxylic acids is 1. The number of likely N-dealkylation sites (N-methyl/N-ethyl adjacent to an activating group) is 1. The van der Waals surface area contributed by atoms with Crippen molar-refractivity contribution in [2.75, 3.05) is 27.2 Å². The molecular formula is C14H20N2O3. The van der Waals surface area contributed by atoms with E-state index >= 15 is 0 Å². The van der Waals surface area contributed by atoms with Crippen LogP contribution in [0.3, 0.4) is 0 Å². The van der Waals surface area contributed by atoms with E-state index in [0.29, 0.717) is 24.5 Å². The van der Waals surface area contributed by atoms with E-state index in [2.05, 4.69) is 0 Å². The number of carbonyl (C=O) groups is 1. The number of amides is 1. The second kappa shape index (κ2) is 5.93. The molecule has 1 aromatic rings. The first kappa shape index (κ1) is 13.7. The van der Waals surface area contributed by atoms with Crippen molar-refractivity contribution in [1.82, 2.24) is 4.90 Å². The standard InChI is InChI=1S/C14H20N2O3/c1-16-8-6-12(14(16)17)19-13-9-10(5-7-15)3-4-11(13)18-2/h3-4,9,12H,5-8,15H2,1-2H3. The van der Waals surface area contributed by atoms with Crippen LogP contribution in [0.4, 0.5) is 0 Å². The number of benzene rings is 1. The lowest BCUT2D eigenvalue weighted by Gasteiger charge is -2.16. The Morgan fingerprint density at radius 2 is 2.21 bits per heavy atom. The molecule has 2 N–H and O–H groups in total. The number of methoxy groups -OCH3 is 1. The molecule has 1 aliphatic rings. The van der Waals surface area contributed by atoms with Crippen LogP contribution in [0.2, 0.25) is 0 Å². The molecule has 104 valence electrons. The second-order valence-corrected chi connectivity index (χ2v) is 4.68. The van der Waals surface area contributed by atoms with Crippen LogP contribution in [0.15, 0.2) is 18.2 Å². The summed E-state index contributed by atoms with van der Waals surface area (Å²) < 4.78 is 11.1. The number of nitrogens with zero attached hydrogens (tertiary/aromatic N) is 1. The first-order valence-corrected chi connectivity index (χ1v) is 6.44. The zero-order valence-electron chi connectivity index (χ0n) is 11.4. The lowest BCUT2D eigenvalue weighted by Crippen LogP contribution is -2.29. The van der Waals surface area contributed by atoms with Crippen molar-refractivity contribution < 1.29 is 14.3 Å². The number of nitrogens with two attached hydrogens (primary N) is 1. The summed E-state index contributed by atoms with van der Waals surface area (Å²) >= 11 is 0. The van der Waals surface area contributed by atoms with Crippen molar-refractivity contribution >= 4 is 5.91 Å². The summed E-state index contributed by atoms with van der Waals surface area (Å²) in [4.78, 5) is 13.5. The van der Waals surface area contributed by atoms with Gasteiger partial charge in [0.2, 0.25) is 0 Å². The van der Waals surface area contributed by atoms with Gasteiger partial charge in [-0.05, 0) is 30.7 Å². The molecule has 0 aromatic heterocycles. The van der Waals surface area contributed by atoms with Crippen LogP contribution in [-0.4, -0.2) is 44.2 Å². The Morgan fingerprint density at radius 1 is 1.42 bits per heavy atom. The van der Waals surface area contributed by atoms with Crippen LogP contribution in [0.25, 0.3) is 0 Å². The number of hydrogen-bond acceptors (Lipinski definition) is 4. The Kier molecular flexibility index (Phi) is 4.27. The highest BCUT2D eigenvalue weighted by Gasteiger charge is 2.31. The first-order valence-electron chi connectivity index (χ1n) is 6.44. The summed E-state index contributed by atoms with van der Waals surface area (Å²) in [5, 5.41) is 0. The van der Waals surface area contributed by atoms with Gasteiger partial charge in [0, 0.05) is 20.0 Å². The highest BCUT2D eigenvalue weighted by atomic mass is 16.5. The average molecular weight is 264 g/mol. The topological polar surface area (TPSA) is 64.8 Å². The van der Waals surface area contributed by atoms with E-state index < -0.39 is 6.10 Å². The zero-order valence-corrected chi connectivity index (χ0v) is 11.4. The molecule has 0 radical (unpaired) electrons. The minimum absolute atomic E-state index is 0.0197. The molecule has 0 bridgehead atoms. The highest BCUT2D eigenvalue weighted by molar-refractivity contribution is 5.83. The number of hydrogen-bond donors (Lipinski definition) is 1. The van der Waals surface area contributed by atoms with Crippen LogP contribution >= 0.6 is 0 Å². The van der Waals surface area contributed by atoms with Crippen molar-refractivity contribution in [2.45, 2.75) is 18.9 Å². The fourth-order valence-electron chi connectivity index (χ4n) is 2.19. The second-order valence-electron chi connectivity index (χ2n) is 4.68. The van der Waals surface area contributed by atoms with E-state index in [1.54, 1.807) is 19.1 Å². The van der Waals surface area contributed by atoms with Gasteiger partial charge in [0.05, 0.1) is 7.11 Å². The van der Waals surface area contributed by atoms with Crippen LogP contribution in [0.1, 0.15) is 12.0 Å². The Bertz CT molecular complexity index is 462. The van der Waals surface area contributed by atoms with E-state index in [9.17, 15) is 4.79 Å². The van der Waals surface area contributed by atoms with Crippen molar-refractivity contribution in [3.05, 3.63) is 23.8 Å². The van der Waals surface area contributed by atoms with E-state index in [1.807, 2.05) is 18.2 Å². The van der Waals surface area contributed by atoms with E-state index in [1.165, 1.54) is 0 Å². The maximum absolute atomic E-state index is 11.9. The maximum atomic E-state index is 11.9. The molecule has 0 spiro atoms. The summed E-state index contributed by atoms with van der Waals surface area (Å²) in [7, 11) is 3.38. The normalized spacial score (nSPS) is 18.8. The van der Waals surface area contributed by atoms with Gasteiger partial charge in [-0.25, -0.2) is 0 Å². The molecule has 1 aliphatic heterocycles. The summed E-state index contributed by atoms with van der Waals surface area (Å²) in [6, 6.07) is 5.71. The molecule has 1 amide bonds. The van der Waals surface area contributed by atoms with Crippen molar-refractivity contribution in [3.63, 3.8) is 0 Å². The van der Waals surface area contributed by atoms with Crippen molar-refractivity contribution in [1.29, 1.82) is 0 Å². The Balaban J connectivity index is 2.17. The van der Waals surface area contributed by atoms with Crippen molar-refractivity contribution in [3.8, 4) is 11.5 Å². The molecule has 1 aromatic carbocycles. The van der Waals surface area contributed by atoms with Crippen LogP contribution in [0.5, 0.6) is 11.5 Å². The summed E-state index contributed by atoms with van der Waals surface area (Å²) in [6.07, 6.45) is 1.07. The van der Waals surface area contributed by atoms with Gasteiger partial charge in [-0.3, -0.25) is 4.79 Å². The minimum Gasteiger partial charge on any atom is -0.493 e. The van der Waals surface area contributed by atoms with E-state index in [4.69, 9.17) is 15.2 Å². The summed E-state index contributed by atoms with van der Waals surface area (Å²) in [6.45, 7) is 1.31. The predicted molar refractivity (Wildman–Crippen MR) is 72.4 cm³/mol. The Hall–Kier alpha value is -1.75. The Morgan fingerprint density at radius 3 is 2.79 bits per heavy atom. The van der Waals surface area contributed by atoms with Gasteiger partial charge in [-0.1, -0.05) is 6.07 Å². The monoisotopic (exact) mass is 264 g/mol. The van der Waals surface area contributed by atoms with Gasteiger partial charge in [0.15, 0.2) is 17.6 Å². The van der Waals surface area contributed by atoms with Gasteiger partial charge in [0.25, 0.3) is 5.91 Å². The number of likely N-dealkylation sites (tertiary alicyclic amines) is 1. The quantitative estimate of drug-likeness (QED) is 0.854. The lowest BCUT2D eigenvalue weighted by atomic mass is 10.1. The smallest absolute Gasteiger partial charge is 0.263 e. The molecule has 0 saturated carbocycles. The van der Waals surface area contributed by atoms with Gasteiger partial charge < -0.3 is 20.1 Å². The molecule has 0 aliphatic carbocycles. The first-order chi connectivity index (χ1) is 9.15. The molecule has 2 rings (SSSR count). The van der Waals surface area contributed by atoms with Crippen LogP contribution < -0.4 is 15.2 Å². The minimum atomic E-state index is -0.410. The van der Waals surface area contributed by atoms with E-state index in [-0.39, 0.29) is 5.91 Å². The highest BCUT2D eigenvalue weighted by Crippen LogP contribution is 2.30. The third-order valence-corrected chi connectivity index (χ3v) is 3.31. The lowest BCUT2D eigenvalue weighted by molar-refractivity contribution is -0.132. The number of ether oxygens (including phenoxy) is 2. The van der Waals surface area contributed by atoms with Gasteiger partial charge in [-0.15, -0.1) is 0 Å². The van der Waals surface area contributed by atoms with E-state index in [0.717, 1.165) is 18.5 Å². The molecule has 1 heterocycles. The molecule has 1 atom stereocenters. The largest absolute Gasteiger partial charge is 0.493 e. The molecule has 5 nitrogen and oxygen atoms in total. The fourth-order valence-corrected chi connectivity index (χ4v) is 2.19. The molecule has 1 saturated heterocycles. The van der Waals surface area contributed by atoms with Crippen molar-refractivity contribution in [2.24, 2.45) is 5.73 Å². The van der Waals surface area contributed by atoms with Crippen LogP contribution in [0, 0.1) is 0 Å². The summed E-state index contributed by atoms with van der Waals surface area (Å²) in [5.41, 5.74) is 6.63. The summed E-state index contributed by atoms with van der Waals surface area (Å²) in [5.74, 6) is 1.27. The maximum Gasteiger partial charge on any atom is 0.263 e. The van der Waals surface area contributed by atoms with Gasteiger partial charge in [-0.2, -0.15) is 0 Å². The zero-order chi connectivity index (χ0) is 13.8. The molecular weight excluding hydrogens is 244 g/mol. The number of rotatable bonds is 5. The van der Waals surface area contributed by atoms with Crippen LogP contribution in [-0.2, 0) is 11.2 Å². The SMILES string of the molecule is COc1ccc(CCN)cc1OC1CCN(C)C1=O. The predicted octanol–water partition coefficient (Wildman–Crippen LogP) is 0.806. The molecule has 5 heteroatoms. The fraction of sp³-hybridized carbons (Fsp3) is 0.500. The third kappa shape index (κ3) is 2.98. The Labute approximate surface area is 113 Å².